The van der Waals surface area contributed by atoms with Crippen molar-refractivity contribution in [3.8, 4) is 5.75 Å². The summed E-state index contributed by atoms with van der Waals surface area (Å²) < 4.78 is 5.35. The second-order valence-electron chi connectivity index (χ2n) is 14.5. The summed E-state index contributed by atoms with van der Waals surface area (Å²) in [7, 11) is 0. The van der Waals surface area contributed by atoms with Crippen molar-refractivity contribution < 1.29 is 53.6 Å². The molecule has 1 rings (SSSR count). The van der Waals surface area contributed by atoms with Gasteiger partial charge in [0.25, 0.3) is 5.91 Å². The number of hydrogen-bond donors (Lipinski definition) is 9. The van der Waals surface area contributed by atoms with Crippen LogP contribution in [-0.4, -0.2) is 117 Å². The minimum absolute atomic E-state index is 0.0230. The number of unbranched alkanes of at least 4 members (excludes halogenated alkanes) is 2. The third-order valence-electron chi connectivity index (χ3n) is 8.28. The highest BCUT2D eigenvalue weighted by atomic mass is 16.6. The number of aliphatic hydroxyl groups excluding tert-OH is 2. The summed E-state index contributed by atoms with van der Waals surface area (Å²) in [6.45, 7) is 8.48. The van der Waals surface area contributed by atoms with Gasteiger partial charge in [0.2, 0.25) is 29.5 Å². The molecule has 7 amide bonds. The number of nitrogens with zero attached hydrogens (tertiary/aromatic N) is 1. The lowest BCUT2D eigenvalue weighted by Crippen LogP contribution is -2.60. The fraction of sp³-hybridized carbons (Fsp3) is 0.639. The zero-order valence-corrected chi connectivity index (χ0v) is 32.2. The van der Waals surface area contributed by atoms with Crippen molar-refractivity contribution in [2.45, 2.75) is 116 Å². The summed E-state index contributed by atoms with van der Waals surface area (Å²) in [6.07, 6.45) is 1.43. The molecule has 0 saturated carbocycles. The third kappa shape index (κ3) is 16.1. The van der Waals surface area contributed by atoms with Gasteiger partial charge in [0.15, 0.2) is 0 Å². The Morgan fingerprint density at radius 3 is 1.94 bits per heavy atom. The number of aliphatic hydroxyl groups is 2. The molecule has 0 saturated heterocycles. The highest BCUT2D eigenvalue weighted by Gasteiger charge is 2.39. The molecule has 0 aliphatic carbocycles. The first-order valence-corrected chi connectivity index (χ1v) is 17.9. The lowest BCUT2D eigenvalue weighted by atomic mass is 9.96. The molecular formula is C36H59N7O11. The van der Waals surface area contributed by atoms with Gasteiger partial charge < -0.3 is 52.8 Å². The highest BCUT2D eigenvalue weighted by molar-refractivity contribution is 6.01. The van der Waals surface area contributed by atoms with Crippen LogP contribution in [0.5, 0.6) is 5.75 Å². The second-order valence-corrected chi connectivity index (χ2v) is 14.5. The molecule has 0 aliphatic rings. The van der Waals surface area contributed by atoms with Crippen LogP contribution >= 0.6 is 0 Å². The van der Waals surface area contributed by atoms with Gasteiger partial charge in [0.05, 0.1) is 13.2 Å². The summed E-state index contributed by atoms with van der Waals surface area (Å²) in [4.78, 5) is 91.5. The van der Waals surface area contributed by atoms with Gasteiger partial charge in [-0.05, 0) is 77.5 Å². The Labute approximate surface area is 316 Å². The van der Waals surface area contributed by atoms with Gasteiger partial charge in [-0.3, -0.25) is 28.8 Å². The topological polar surface area (TPSA) is 293 Å². The van der Waals surface area contributed by atoms with Gasteiger partial charge in [0.1, 0.15) is 41.6 Å². The van der Waals surface area contributed by atoms with Crippen molar-refractivity contribution in [1.82, 2.24) is 26.2 Å². The summed E-state index contributed by atoms with van der Waals surface area (Å²) in [6, 6.07) is -0.0763. The van der Waals surface area contributed by atoms with Gasteiger partial charge in [-0.25, -0.2) is 9.69 Å². The second kappa shape index (κ2) is 22.4. The number of amides is 7. The maximum Gasteiger partial charge on any atom is 0.417 e. The quantitative estimate of drug-likeness (QED) is 0.0703. The SMILES string of the molecule is CC(C)[C@H](NC(=O)[C@@H](NC(=O)CCCCCc1ccc(O)cc1)C(CO)CNC(=O)[C@H](C)N(C(=O)OC(C)(C)C)C(=O)[C@H](C)NC(=O)[C@@H](N)CO)C(N)=O. The Morgan fingerprint density at radius 1 is 0.815 bits per heavy atom. The average molecular weight is 766 g/mol. The molecule has 304 valence electrons. The van der Waals surface area contributed by atoms with E-state index in [4.69, 9.17) is 16.2 Å². The van der Waals surface area contributed by atoms with Crippen LogP contribution in [0.1, 0.15) is 79.7 Å². The number of carbonyl (C=O) groups excluding carboxylic acids is 7. The predicted molar refractivity (Wildman–Crippen MR) is 197 cm³/mol. The van der Waals surface area contributed by atoms with E-state index in [9.17, 15) is 48.9 Å². The standard InChI is InChI=1S/C36H59N7O11/c1-20(2)28(30(38)48)42-33(51)29(41-27(47)12-10-8-9-11-23-13-15-25(46)16-14-23)24(18-44)17-39-31(49)22(4)43(35(53)54-36(5,6)7)34(52)21(3)40-32(50)26(37)19-45/h13-16,20-22,24,26,28-29,44-46H,8-12,17-19,37H2,1-7H3,(H2,38,48)(H,39,49)(H,40,50)(H,41,47)(H,42,51)/t21-,22-,24?,26-,28-,29-/m0/s1. The number of aryl methyl sites for hydroxylation is 1. The molecule has 6 atom stereocenters. The lowest BCUT2D eigenvalue weighted by Gasteiger charge is -2.32. The molecule has 11 N–H and O–H groups in total. The normalized spacial score (nSPS) is 14.7. The number of carbonyl (C=O) groups is 7. The number of ether oxygens (including phenoxy) is 1. The van der Waals surface area contributed by atoms with Gasteiger partial charge in [-0.1, -0.05) is 32.4 Å². The van der Waals surface area contributed by atoms with Crippen molar-refractivity contribution in [1.29, 1.82) is 0 Å². The zero-order valence-electron chi connectivity index (χ0n) is 32.2. The fourth-order valence-electron chi connectivity index (χ4n) is 5.11. The number of phenols is 1. The van der Waals surface area contributed by atoms with E-state index >= 15 is 0 Å². The Kier molecular flexibility index (Phi) is 19.6. The van der Waals surface area contributed by atoms with Crippen molar-refractivity contribution in [3.63, 3.8) is 0 Å². The van der Waals surface area contributed by atoms with E-state index in [1.54, 1.807) is 38.1 Å². The number of aromatic hydroxyl groups is 1. The molecule has 0 aliphatic heterocycles. The van der Waals surface area contributed by atoms with E-state index in [0.29, 0.717) is 17.7 Å². The number of nitrogens with two attached hydrogens (primary N) is 2. The first kappa shape index (κ1) is 47.2. The van der Waals surface area contributed by atoms with E-state index in [2.05, 4.69) is 21.3 Å². The molecule has 1 unspecified atom stereocenters. The lowest BCUT2D eigenvalue weighted by molar-refractivity contribution is -0.142. The molecule has 0 aromatic heterocycles. The number of primary amides is 1. The summed E-state index contributed by atoms with van der Waals surface area (Å²) in [5, 5.41) is 38.9. The number of benzene rings is 1. The molecule has 0 bridgehead atoms. The van der Waals surface area contributed by atoms with Crippen molar-refractivity contribution >= 4 is 41.5 Å². The maximum atomic E-state index is 13.5. The molecule has 0 spiro atoms. The minimum atomic E-state index is -1.55. The van der Waals surface area contributed by atoms with Gasteiger partial charge >= 0.3 is 6.09 Å². The fourth-order valence-corrected chi connectivity index (χ4v) is 5.11. The summed E-state index contributed by atoms with van der Waals surface area (Å²) in [5.41, 5.74) is 10.9. The van der Waals surface area contributed by atoms with Gasteiger partial charge in [-0.2, -0.15) is 0 Å². The molecule has 18 heteroatoms. The zero-order chi connectivity index (χ0) is 41.3. The molecule has 54 heavy (non-hydrogen) atoms. The van der Waals surface area contributed by atoms with E-state index in [1.807, 2.05) is 0 Å². The molecule has 0 radical (unpaired) electrons. The number of rotatable bonds is 21. The Morgan fingerprint density at radius 2 is 1.43 bits per heavy atom. The molecule has 18 nitrogen and oxygen atoms in total. The largest absolute Gasteiger partial charge is 0.508 e. The Balaban J connectivity index is 3.18. The van der Waals surface area contributed by atoms with Crippen LogP contribution in [0.25, 0.3) is 0 Å². The van der Waals surface area contributed by atoms with Crippen LogP contribution in [0.3, 0.4) is 0 Å². The first-order chi connectivity index (χ1) is 25.1. The van der Waals surface area contributed by atoms with Crippen molar-refractivity contribution in [2.24, 2.45) is 23.3 Å². The maximum absolute atomic E-state index is 13.5. The number of imide groups is 1. The molecule has 0 heterocycles. The molecule has 0 fully saturated rings. The molecule has 1 aromatic carbocycles. The van der Waals surface area contributed by atoms with E-state index in [1.165, 1.54) is 34.6 Å². The van der Waals surface area contributed by atoms with Crippen LogP contribution < -0.4 is 32.7 Å². The van der Waals surface area contributed by atoms with E-state index in [0.717, 1.165) is 18.4 Å². The number of hydrogen-bond acceptors (Lipinski definition) is 12. The third-order valence-corrected chi connectivity index (χ3v) is 8.28. The van der Waals surface area contributed by atoms with Gasteiger partial charge in [-0.15, -0.1) is 0 Å². The summed E-state index contributed by atoms with van der Waals surface area (Å²) >= 11 is 0. The molecular weight excluding hydrogens is 706 g/mol. The van der Waals surface area contributed by atoms with Crippen LogP contribution in [-0.2, 0) is 39.9 Å². The number of nitrogens with one attached hydrogen (secondary N) is 4. The Bertz CT molecular complexity index is 1430. The molecule has 1 aromatic rings. The Hall–Kier alpha value is -4.81. The van der Waals surface area contributed by atoms with Crippen LogP contribution in [0.4, 0.5) is 4.79 Å². The monoisotopic (exact) mass is 765 g/mol. The van der Waals surface area contributed by atoms with Crippen LogP contribution in [0, 0.1) is 11.8 Å². The van der Waals surface area contributed by atoms with Gasteiger partial charge in [0, 0.05) is 18.9 Å². The van der Waals surface area contributed by atoms with Crippen LogP contribution in [0.2, 0.25) is 0 Å². The average Bonchev–Trinajstić information content (AvgIpc) is 3.08. The predicted octanol–water partition coefficient (Wildman–Crippen LogP) is -0.693. The van der Waals surface area contributed by atoms with E-state index in [-0.39, 0.29) is 12.2 Å². The summed E-state index contributed by atoms with van der Waals surface area (Å²) in [5.74, 6) is -6.47. The van der Waals surface area contributed by atoms with E-state index < -0.39 is 109 Å². The van der Waals surface area contributed by atoms with Crippen LogP contribution in [0.15, 0.2) is 24.3 Å². The van der Waals surface area contributed by atoms with Crippen molar-refractivity contribution in [3.05, 3.63) is 29.8 Å². The number of phenolic OH excluding ortho intramolecular Hbond substituents is 1. The first-order valence-electron chi connectivity index (χ1n) is 17.9. The smallest absolute Gasteiger partial charge is 0.417 e. The minimum Gasteiger partial charge on any atom is -0.508 e. The van der Waals surface area contributed by atoms with Crippen molar-refractivity contribution in [2.75, 3.05) is 19.8 Å². The highest BCUT2D eigenvalue weighted by Crippen LogP contribution is 2.16.